The van der Waals surface area contributed by atoms with Crippen LogP contribution in [-0.4, -0.2) is 44.9 Å². The summed E-state index contributed by atoms with van der Waals surface area (Å²) in [7, 11) is 0. The third-order valence-corrected chi connectivity index (χ3v) is 4.15. The van der Waals surface area contributed by atoms with Crippen molar-refractivity contribution in [3.05, 3.63) is 59.4 Å². The smallest absolute Gasteiger partial charge is 0.254 e. The Labute approximate surface area is 169 Å². The van der Waals surface area contributed by atoms with Gasteiger partial charge in [-0.1, -0.05) is 12.1 Å². The van der Waals surface area contributed by atoms with Gasteiger partial charge in [-0.15, -0.1) is 12.4 Å². The zero-order chi connectivity index (χ0) is 19.1. The van der Waals surface area contributed by atoms with E-state index < -0.39 is 11.7 Å². The second kappa shape index (κ2) is 11.0. The van der Waals surface area contributed by atoms with E-state index in [9.17, 15) is 9.18 Å². The summed E-state index contributed by atoms with van der Waals surface area (Å²) in [5.41, 5.74) is 6.56. The quantitative estimate of drug-likeness (QED) is 0.733. The van der Waals surface area contributed by atoms with Crippen molar-refractivity contribution >= 4 is 18.3 Å². The van der Waals surface area contributed by atoms with Crippen molar-refractivity contribution in [3.63, 3.8) is 0 Å². The summed E-state index contributed by atoms with van der Waals surface area (Å²) in [5, 5.41) is 2.67. The maximum absolute atomic E-state index is 14.1. The number of carbonyl (C=O) groups excluding carboxylic acids is 1. The van der Waals surface area contributed by atoms with E-state index in [1.165, 1.54) is 18.2 Å². The first kappa shape index (κ1) is 22.1. The molecule has 0 spiro atoms. The summed E-state index contributed by atoms with van der Waals surface area (Å²) in [6.07, 6.45) is 0.564. The second-order valence-electron chi connectivity index (χ2n) is 6.20. The molecular weight excluding hydrogens is 387 g/mol. The Hall–Kier alpha value is -2.19. The molecule has 152 valence electrons. The zero-order valence-electron chi connectivity index (χ0n) is 15.4. The summed E-state index contributed by atoms with van der Waals surface area (Å²) in [4.78, 5) is 12.3. The van der Waals surface area contributed by atoms with Crippen LogP contribution in [0.15, 0.2) is 42.5 Å². The Morgan fingerprint density at radius 1 is 1.18 bits per heavy atom. The molecule has 8 heteroatoms. The van der Waals surface area contributed by atoms with Crippen LogP contribution in [0, 0.1) is 5.82 Å². The van der Waals surface area contributed by atoms with Crippen molar-refractivity contribution < 1.29 is 23.4 Å². The largest absolute Gasteiger partial charge is 0.457 e. The first-order valence-corrected chi connectivity index (χ1v) is 8.89. The number of hydrogen-bond donors (Lipinski definition) is 2. The SMILES string of the molecule is Cl.NCCc1ccc(Oc2ccc(F)c(C(=O)NCC3COCCO3)c2)cc1. The lowest BCUT2D eigenvalue weighted by Crippen LogP contribution is -2.39. The minimum absolute atomic E-state index is 0. The van der Waals surface area contributed by atoms with Crippen LogP contribution in [0.25, 0.3) is 0 Å². The molecule has 1 fully saturated rings. The van der Waals surface area contributed by atoms with Crippen molar-refractivity contribution in [3.8, 4) is 11.5 Å². The van der Waals surface area contributed by atoms with Gasteiger partial charge in [0.05, 0.1) is 31.5 Å². The minimum Gasteiger partial charge on any atom is -0.457 e. The van der Waals surface area contributed by atoms with Gasteiger partial charge in [0, 0.05) is 6.54 Å². The summed E-state index contributed by atoms with van der Waals surface area (Å²) in [6, 6.07) is 11.6. The number of ether oxygens (including phenoxy) is 3. The number of rotatable bonds is 7. The highest BCUT2D eigenvalue weighted by atomic mass is 35.5. The van der Waals surface area contributed by atoms with Gasteiger partial charge in [-0.2, -0.15) is 0 Å². The van der Waals surface area contributed by atoms with Crippen LogP contribution in [-0.2, 0) is 15.9 Å². The molecule has 3 rings (SSSR count). The molecule has 28 heavy (non-hydrogen) atoms. The monoisotopic (exact) mass is 410 g/mol. The minimum atomic E-state index is -0.612. The van der Waals surface area contributed by atoms with Gasteiger partial charge >= 0.3 is 0 Å². The van der Waals surface area contributed by atoms with Gasteiger partial charge < -0.3 is 25.3 Å². The normalized spacial score (nSPS) is 16.1. The molecule has 1 atom stereocenters. The Bertz CT molecular complexity index is 767. The molecular formula is C20H24ClFN2O4. The van der Waals surface area contributed by atoms with E-state index in [0.29, 0.717) is 37.9 Å². The molecule has 0 aliphatic carbocycles. The second-order valence-corrected chi connectivity index (χ2v) is 6.20. The van der Waals surface area contributed by atoms with Crippen LogP contribution in [0.1, 0.15) is 15.9 Å². The lowest BCUT2D eigenvalue weighted by molar-refractivity contribution is -0.0855. The molecule has 0 saturated carbocycles. The molecule has 2 aromatic rings. The molecule has 0 radical (unpaired) electrons. The van der Waals surface area contributed by atoms with Gasteiger partial charge in [0.2, 0.25) is 0 Å². The number of nitrogens with two attached hydrogens (primary N) is 1. The number of halogens is 2. The molecule has 1 heterocycles. The summed E-state index contributed by atoms with van der Waals surface area (Å²) >= 11 is 0. The van der Waals surface area contributed by atoms with Gasteiger partial charge in [-0.25, -0.2) is 4.39 Å². The zero-order valence-corrected chi connectivity index (χ0v) is 16.2. The van der Waals surface area contributed by atoms with Crippen LogP contribution < -0.4 is 15.8 Å². The van der Waals surface area contributed by atoms with E-state index in [-0.39, 0.29) is 30.6 Å². The standard InChI is InChI=1S/C20H23FN2O4.ClH/c21-19-6-5-16(27-15-3-1-14(2-4-15)7-8-22)11-18(19)20(24)23-12-17-13-25-9-10-26-17;/h1-6,11,17H,7-10,12-13,22H2,(H,23,24);1H. The number of hydrogen-bond acceptors (Lipinski definition) is 5. The average molecular weight is 411 g/mol. The summed E-state index contributed by atoms with van der Waals surface area (Å²) < 4.78 is 30.5. The lowest BCUT2D eigenvalue weighted by atomic mass is 10.1. The maximum atomic E-state index is 14.1. The van der Waals surface area contributed by atoms with Crippen LogP contribution in [0.5, 0.6) is 11.5 Å². The molecule has 6 nitrogen and oxygen atoms in total. The van der Waals surface area contributed by atoms with Gasteiger partial charge in [-0.3, -0.25) is 4.79 Å². The Morgan fingerprint density at radius 2 is 1.93 bits per heavy atom. The highest BCUT2D eigenvalue weighted by Crippen LogP contribution is 2.24. The van der Waals surface area contributed by atoms with Crippen molar-refractivity contribution in [2.24, 2.45) is 5.73 Å². The maximum Gasteiger partial charge on any atom is 0.254 e. The number of carbonyl (C=O) groups is 1. The van der Waals surface area contributed by atoms with E-state index in [1.807, 2.05) is 24.3 Å². The number of nitrogens with one attached hydrogen (secondary N) is 1. The third kappa shape index (κ3) is 6.17. The van der Waals surface area contributed by atoms with Crippen molar-refractivity contribution in [2.45, 2.75) is 12.5 Å². The fourth-order valence-corrected chi connectivity index (χ4v) is 2.72. The van der Waals surface area contributed by atoms with Gasteiger partial charge in [-0.05, 0) is 48.9 Å². The number of benzene rings is 2. The molecule has 0 bridgehead atoms. The van der Waals surface area contributed by atoms with Crippen LogP contribution >= 0.6 is 12.4 Å². The van der Waals surface area contributed by atoms with E-state index >= 15 is 0 Å². The highest BCUT2D eigenvalue weighted by molar-refractivity contribution is 5.94. The lowest BCUT2D eigenvalue weighted by Gasteiger charge is -2.23. The first-order valence-electron chi connectivity index (χ1n) is 8.89. The molecule has 3 N–H and O–H groups in total. The molecule has 0 aromatic heterocycles. The molecule has 1 aliphatic heterocycles. The van der Waals surface area contributed by atoms with Crippen molar-refractivity contribution in [2.75, 3.05) is 32.9 Å². The van der Waals surface area contributed by atoms with E-state index in [4.69, 9.17) is 19.9 Å². The van der Waals surface area contributed by atoms with E-state index in [0.717, 1.165) is 12.0 Å². The first-order chi connectivity index (χ1) is 13.2. The molecule has 2 aromatic carbocycles. The van der Waals surface area contributed by atoms with Gasteiger partial charge in [0.15, 0.2) is 0 Å². The fraction of sp³-hybridized carbons (Fsp3) is 0.350. The van der Waals surface area contributed by atoms with E-state index in [2.05, 4.69) is 5.32 Å². The third-order valence-electron chi connectivity index (χ3n) is 4.15. The Balaban J connectivity index is 0.00000280. The summed E-state index contributed by atoms with van der Waals surface area (Å²) in [6.45, 7) is 2.28. The Morgan fingerprint density at radius 3 is 2.61 bits per heavy atom. The molecule has 1 aliphatic rings. The van der Waals surface area contributed by atoms with Gasteiger partial charge in [0.1, 0.15) is 17.3 Å². The highest BCUT2D eigenvalue weighted by Gasteiger charge is 2.18. The fourth-order valence-electron chi connectivity index (χ4n) is 2.72. The predicted octanol–water partition coefficient (Wildman–Crippen LogP) is 2.69. The van der Waals surface area contributed by atoms with E-state index in [1.54, 1.807) is 0 Å². The average Bonchev–Trinajstić information content (AvgIpc) is 2.70. The number of amides is 1. The topological polar surface area (TPSA) is 82.8 Å². The van der Waals surface area contributed by atoms with Crippen molar-refractivity contribution in [1.82, 2.24) is 5.32 Å². The molecule has 1 unspecified atom stereocenters. The predicted molar refractivity (Wildman–Crippen MR) is 106 cm³/mol. The van der Waals surface area contributed by atoms with Crippen molar-refractivity contribution in [1.29, 1.82) is 0 Å². The molecule has 1 saturated heterocycles. The van der Waals surface area contributed by atoms with Gasteiger partial charge in [0.25, 0.3) is 5.91 Å². The summed E-state index contributed by atoms with van der Waals surface area (Å²) in [5.74, 6) is -0.156. The van der Waals surface area contributed by atoms with Crippen LogP contribution in [0.4, 0.5) is 4.39 Å². The molecule has 1 amide bonds. The Kier molecular flexibility index (Phi) is 8.66. The van der Waals surface area contributed by atoms with Crippen LogP contribution in [0.3, 0.4) is 0 Å². The van der Waals surface area contributed by atoms with Crippen LogP contribution in [0.2, 0.25) is 0 Å².